The highest BCUT2D eigenvalue weighted by atomic mass is 16.6. The van der Waals surface area contributed by atoms with Gasteiger partial charge in [0.15, 0.2) is 0 Å². The maximum Gasteiger partial charge on any atom is 0.216 e. The summed E-state index contributed by atoms with van der Waals surface area (Å²) < 4.78 is 10.4. The minimum atomic E-state index is -0.0285. The first kappa shape index (κ1) is 8.49. The van der Waals surface area contributed by atoms with Crippen molar-refractivity contribution in [2.45, 2.75) is 13.0 Å². The number of ether oxygens (including phenoxy) is 2. The van der Waals surface area contributed by atoms with Crippen LogP contribution in [0.4, 0.5) is 0 Å². The van der Waals surface area contributed by atoms with Crippen LogP contribution in [-0.2, 0) is 14.3 Å². The zero-order valence-corrected chi connectivity index (χ0v) is 6.63. The van der Waals surface area contributed by atoms with Crippen LogP contribution in [0.15, 0.2) is 0 Å². The summed E-state index contributed by atoms with van der Waals surface area (Å²) in [5.41, 5.74) is 0. The van der Waals surface area contributed by atoms with Crippen molar-refractivity contribution in [2.75, 3.05) is 26.4 Å². The Morgan fingerprint density at radius 3 is 3.00 bits per heavy atom. The molecular formula is C7H13NO3. The van der Waals surface area contributed by atoms with E-state index < -0.39 is 0 Å². The van der Waals surface area contributed by atoms with Gasteiger partial charge in [0.2, 0.25) is 5.91 Å². The summed E-state index contributed by atoms with van der Waals surface area (Å²) in [6.45, 7) is 3.92. The maximum absolute atomic E-state index is 10.5. The summed E-state index contributed by atoms with van der Waals surface area (Å²) in [6, 6.07) is 0. The molecule has 1 unspecified atom stereocenters. The Morgan fingerprint density at radius 1 is 1.64 bits per heavy atom. The number of carbonyl (C=O) groups is 1. The van der Waals surface area contributed by atoms with Crippen LogP contribution in [0.1, 0.15) is 6.92 Å². The van der Waals surface area contributed by atoms with Gasteiger partial charge in [-0.25, -0.2) is 0 Å². The minimum Gasteiger partial charge on any atom is -0.376 e. The lowest BCUT2D eigenvalue weighted by molar-refractivity contribution is -0.121. The molecule has 11 heavy (non-hydrogen) atoms. The van der Waals surface area contributed by atoms with Gasteiger partial charge < -0.3 is 14.8 Å². The number of nitrogens with one attached hydrogen (secondary N) is 1. The van der Waals surface area contributed by atoms with Gasteiger partial charge in [-0.1, -0.05) is 0 Å². The first-order valence-corrected chi connectivity index (χ1v) is 3.73. The van der Waals surface area contributed by atoms with Gasteiger partial charge in [0.25, 0.3) is 0 Å². The summed E-state index contributed by atoms with van der Waals surface area (Å²) >= 11 is 0. The van der Waals surface area contributed by atoms with Crippen molar-refractivity contribution >= 4 is 5.91 Å². The maximum atomic E-state index is 10.5. The van der Waals surface area contributed by atoms with Crippen LogP contribution in [0, 0.1) is 0 Å². The predicted octanol–water partition coefficient (Wildman–Crippen LogP) is -0.462. The van der Waals surface area contributed by atoms with Crippen LogP contribution < -0.4 is 5.32 Å². The molecule has 1 aliphatic rings. The normalized spacial score (nSPS) is 24.6. The van der Waals surface area contributed by atoms with E-state index in [0.717, 1.165) is 0 Å². The van der Waals surface area contributed by atoms with Crippen molar-refractivity contribution in [3.05, 3.63) is 0 Å². The van der Waals surface area contributed by atoms with Crippen molar-refractivity contribution in [1.29, 1.82) is 0 Å². The lowest BCUT2D eigenvalue weighted by Gasteiger charge is -2.22. The average Bonchev–Trinajstić information content (AvgIpc) is 2.03. The Balaban J connectivity index is 2.09. The van der Waals surface area contributed by atoms with E-state index in [-0.39, 0.29) is 12.0 Å². The SMILES string of the molecule is CC(=O)NCC1COCCO1. The highest BCUT2D eigenvalue weighted by molar-refractivity contribution is 5.72. The monoisotopic (exact) mass is 159 g/mol. The second-order valence-electron chi connectivity index (χ2n) is 2.50. The van der Waals surface area contributed by atoms with Crippen LogP contribution in [0.5, 0.6) is 0 Å². The largest absolute Gasteiger partial charge is 0.376 e. The molecule has 1 N–H and O–H groups in total. The minimum absolute atomic E-state index is 0.0285. The van der Waals surface area contributed by atoms with E-state index in [1.54, 1.807) is 0 Å². The lowest BCUT2D eigenvalue weighted by Crippen LogP contribution is -2.38. The number of hydrogen-bond donors (Lipinski definition) is 1. The molecular weight excluding hydrogens is 146 g/mol. The van der Waals surface area contributed by atoms with E-state index in [1.807, 2.05) is 0 Å². The van der Waals surface area contributed by atoms with Gasteiger partial charge >= 0.3 is 0 Å². The molecule has 4 heteroatoms. The Bertz CT molecular complexity index is 132. The number of amides is 1. The van der Waals surface area contributed by atoms with Crippen molar-refractivity contribution in [3.63, 3.8) is 0 Å². The molecule has 1 saturated heterocycles. The van der Waals surface area contributed by atoms with Gasteiger partial charge in [-0.15, -0.1) is 0 Å². The fourth-order valence-corrected chi connectivity index (χ4v) is 0.912. The van der Waals surface area contributed by atoms with E-state index >= 15 is 0 Å². The summed E-state index contributed by atoms with van der Waals surface area (Å²) in [7, 11) is 0. The third-order valence-corrected chi connectivity index (χ3v) is 1.46. The molecule has 0 saturated carbocycles. The highest BCUT2D eigenvalue weighted by Gasteiger charge is 2.13. The Labute approximate surface area is 65.9 Å². The van der Waals surface area contributed by atoms with E-state index in [1.165, 1.54) is 6.92 Å². The van der Waals surface area contributed by atoms with Gasteiger partial charge in [0.1, 0.15) is 0 Å². The Hall–Kier alpha value is -0.610. The molecule has 0 bridgehead atoms. The van der Waals surface area contributed by atoms with E-state index in [0.29, 0.717) is 26.4 Å². The fourth-order valence-electron chi connectivity index (χ4n) is 0.912. The highest BCUT2D eigenvalue weighted by Crippen LogP contribution is 1.98. The van der Waals surface area contributed by atoms with Gasteiger partial charge in [0, 0.05) is 13.5 Å². The predicted molar refractivity (Wildman–Crippen MR) is 39.2 cm³/mol. The van der Waals surface area contributed by atoms with Crippen LogP contribution in [0.2, 0.25) is 0 Å². The molecule has 1 fully saturated rings. The molecule has 64 valence electrons. The van der Waals surface area contributed by atoms with Gasteiger partial charge in [-0.3, -0.25) is 4.79 Å². The molecule has 1 atom stereocenters. The summed E-state index contributed by atoms with van der Waals surface area (Å²) in [6.07, 6.45) is 0.0349. The van der Waals surface area contributed by atoms with E-state index in [4.69, 9.17) is 9.47 Å². The molecule has 1 rings (SSSR count). The molecule has 0 aliphatic carbocycles. The lowest BCUT2D eigenvalue weighted by atomic mass is 10.3. The van der Waals surface area contributed by atoms with Crippen LogP contribution >= 0.6 is 0 Å². The molecule has 0 aromatic heterocycles. The zero-order valence-electron chi connectivity index (χ0n) is 6.63. The van der Waals surface area contributed by atoms with Crippen LogP contribution in [0.25, 0.3) is 0 Å². The molecule has 1 heterocycles. The van der Waals surface area contributed by atoms with Crippen LogP contribution in [0.3, 0.4) is 0 Å². The topological polar surface area (TPSA) is 47.6 Å². The van der Waals surface area contributed by atoms with Crippen molar-refractivity contribution in [2.24, 2.45) is 0 Å². The van der Waals surface area contributed by atoms with Crippen molar-refractivity contribution < 1.29 is 14.3 Å². The van der Waals surface area contributed by atoms with Gasteiger partial charge in [-0.2, -0.15) is 0 Å². The van der Waals surface area contributed by atoms with Crippen molar-refractivity contribution in [1.82, 2.24) is 5.32 Å². The molecule has 1 amide bonds. The average molecular weight is 159 g/mol. The zero-order chi connectivity index (χ0) is 8.10. The summed E-state index contributed by atoms with van der Waals surface area (Å²) in [4.78, 5) is 10.5. The number of hydrogen-bond acceptors (Lipinski definition) is 3. The Kier molecular flexibility index (Phi) is 3.32. The molecule has 0 aromatic carbocycles. The van der Waals surface area contributed by atoms with Gasteiger partial charge in [0.05, 0.1) is 25.9 Å². The van der Waals surface area contributed by atoms with Crippen molar-refractivity contribution in [3.8, 4) is 0 Å². The van der Waals surface area contributed by atoms with Crippen LogP contribution in [-0.4, -0.2) is 38.4 Å². The molecule has 1 aliphatic heterocycles. The van der Waals surface area contributed by atoms with E-state index in [9.17, 15) is 4.79 Å². The first-order chi connectivity index (χ1) is 5.29. The first-order valence-electron chi connectivity index (χ1n) is 3.73. The van der Waals surface area contributed by atoms with E-state index in [2.05, 4.69) is 5.32 Å². The summed E-state index contributed by atoms with van der Waals surface area (Å²) in [5.74, 6) is -0.0285. The quantitative estimate of drug-likeness (QED) is 0.593. The third kappa shape index (κ3) is 3.34. The second kappa shape index (κ2) is 4.31. The third-order valence-electron chi connectivity index (χ3n) is 1.46. The Morgan fingerprint density at radius 2 is 2.45 bits per heavy atom. The molecule has 0 spiro atoms. The van der Waals surface area contributed by atoms with Gasteiger partial charge in [-0.05, 0) is 0 Å². The molecule has 0 radical (unpaired) electrons. The fraction of sp³-hybridized carbons (Fsp3) is 0.857. The summed E-state index contributed by atoms with van der Waals surface area (Å²) in [5, 5.41) is 2.67. The molecule has 4 nitrogen and oxygen atoms in total. The second-order valence-corrected chi connectivity index (χ2v) is 2.50. The smallest absolute Gasteiger partial charge is 0.216 e. The molecule has 0 aromatic rings. The number of rotatable bonds is 2. The standard InChI is InChI=1S/C7H13NO3/c1-6(9)8-4-7-5-10-2-3-11-7/h7H,2-5H2,1H3,(H,8,9). The number of carbonyl (C=O) groups excluding carboxylic acids is 1.